The Labute approximate surface area is 170 Å². The van der Waals surface area contributed by atoms with Gasteiger partial charge in [-0.25, -0.2) is 14.2 Å². The number of hydrogen-bond acceptors (Lipinski definition) is 4. The molecule has 1 atom stereocenters. The summed E-state index contributed by atoms with van der Waals surface area (Å²) in [5, 5.41) is 8.96. The summed E-state index contributed by atoms with van der Waals surface area (Å²) < 4.78 is 23.9. The van der Waals surface area contributed by atoms with Gasteiger partial charge in [-0.3, -0.25) is 5.32 Å². The van der Waals surface area contributed by atoms with E-state index in [9.17, 15) is 9.18 Å². The van der Waals surface area contributed by atoms with Crippen LogP contribution in [0, 0.1) is 5.82 Å². The highest BCUT2D eigenvalue weighted by Crippen LogP contribution is 2.16. The smallest absolute Gasteiger partial charge is 0.411 e. The standard InChI is InChI=1S/C21H27FN4O3/c1-4-23-20(24-13-15(2)29-19-8-6-5-7-18(19)22)25-14-16-9-11-17(12-10-16)26-21(27)28-3/h5-12,15H,4,13-14H2,1-3H3,(H,26,27)(H2,23,24,25). The Bertz CT molecular complexity index is 812. The van der Waals surface area contributed by atoms with Gasteiger partial charge in [-0.05, 0) is 43.7 Å². The summed E-state index contributed by atoms with van der Waals surface area (Å²) in [4.78, 5) is 15.8. The minimum Gasteiger partial charge on any atom is -0.486 e. The van der Waals surface area contributed by atoms with E-state index in [2.05, 4.69) is 25.7 Å². The maximum atomic E-state index is 13.7. The van der Waals surface area contributed by atoms with Gasteiger partial charge in [0.25, 0.3) is 0 Å². The van der Waals surface area contributed by atoms with Crippen LogP contribution in [0.4, 0.5) is 14.9 Å². The molecule has 0 saturated heterocycles. The number of ether oxygens (including phenoxy) is 2. The molecule has 0 aromatic heterocycles. The molecule has 2 aromatic carbocycles. The fourth-order valence-corrected chi connectivity index (χ4v) is 2.41. The van der Waals surface area contributed by atoms with Crippen molar-refractivity contribution < 1.29 is 18.7 Å². The molecule has 156 valence electrons. The van der Waals surface area contributed by atoms with Gasteiger partial charge in [-0.15, -0.1) is 0 Å². The highest BCUT2D eigenvalue weighted by molar-refractivity contribution is 5.84. The molecule has 0 heterocycles. The lowest BCUT2D eigenvalue weighted by atomic mass is 10.2. The Morgan fingerprint density at radius 2 is 1.86 bits per heavy atom. The molecule has 7 nitrogen and oxygen atoms in total. The summed E-state index contributed by atoms with van der Waals surface area (Å²) in [6.07, 6.45) is -0.763. The quantitative estimate of drug-likeness (QED) is 0.465. The number of amides is 1. The van der Waals surface area contributed by atoms with Crippen molar-refractivity contribution in [2.24, 2.45) is 4.99 Å². The molecule has 0 aliphatic heterocycles. The molecule has 0 saturated carbocycles. The van der Waals surface area contributed by atoms with Crippen LogP contribution in [0.15, 0.2) is 53.5 Å². The number of nitrogens with one attached hydrogen (secondary N) is 3. The van der Waals surface area contributed by atoms with E-state index in [1.54, 1.807) is 30.3 Å². The molecule has 8 heteroatoms. The number of nitrogens with zero attached hydrogens (tertiary/aromatic N) is 1. The molecule has 3 N–H and O–H groups in total. The average molecular weight is 402 g/mol. The molecular weight excluding hydrogens is 375 g/mol. The summed E-state index contributed by atoms with van der Waals surface area (Å²) >= 11 is 0. The van der Waals surface area contributed by atoms with Crippen LogP contribution in [-0.2, 0) is 11.3 Å². The van der Waals surface area contributed by atoms with Crippen molar-refractivity contribution in [2.75, 3.05) is 25.5 Å². The molecule has 0 aliphatic rings. The summed E-state index contributed by atoms with van der Waals surface area (Å²) in [6, 6.07) is 13.6. The zero-order chi connectivity index (χ0) is 21.1. The summed E-state index contributed by atoms with van der Waals surface area (Å²) in [6.45, 7) is 5.45. The van der Waals surface area contributed by atoms with Gasteiger partial charge >= 0.3 is 6.09 Å². The molecule has 0 bridgehead atoms. The molecule has 2 rings (SSSR count). The molecule has 0 spiro atoms. The second kappa shape index (κ2) is 11.5. The Morgan fingerprint density at radius 1 is 1.14 bits per heavy atom. The lowest BCUT2D eigenvalue weighted by molar-refractivity contribution is 0.187. The van der Waals surface area contributed by atoms with Gasteiger partial charge in [0, 0.05) is 12.2 Å². The van der Waals surface area contributed by atoms with Crippen LogP contribution in [0.5, 0.6) is 5.75 Å². The van der Waals surface area contributed by atoms with E-state index in [-0.39, 0.29) is 17.7 Å². The van der Waals surface area contributed by atoms with Gasteiger partial charge in [-0.1, -0.05) is 24.3 Å². The van der Waals surface area contributed by atoms with Crippen molar-refractivity contribution in [2.45, 2.75) is 26.5 Å². The normalized spacial score (nSPS) is 12.1. The van der Waals surface area contributed by atoms with Gasteiger partial charge in [0.2, 0.25) is 0 Å². The predicted octanol–water partition coefficient (Wildman–Crippen LogP) is 3.53. The van der Waals surface area contributed by atoms with Crippen molar-refractivity contribution in [1.29, 1.82) is 0 Å². The van der Waals surface area contributed by atoms with Gasteiger partial charge in [-0.2, -0.15) is 0 Å². The largest absolute Gasteiger partial charge is 0.486 e. The van der Waals surface area contributed by atoms with Crippen LogP contribution in [0.25, 0.3) is 0 Å². The number of hydrogen-bond donors (Lipinski definition) is 3. The highest BCUT2D eigenvalue weighted by atomic mass is 19.1. The summed E-state index contributed by atoms with van der Waals surface area (Å²) in [5.41, 5.74) is 1.63. The van der Waals surface area contributed by atoms with Crippen molar-refractivity contribution >= 4 is 17.7 Å². The van der Waals surface area contributed by atoms with E-state index in [4.69, 9.17) is 4.74 Å². The lowest BCUT2D eigenvalue weighted by Crippen LogP contribution is -2.41. The number of carbonyl (C=O) groups excluding carboxylic acids is 1. The zero-order valence-corrected chi connectivity index (χ0v) is 16.9. The number of guanidine groups is 1. The molecule has 1 unspecified atom stereocenters. The maximum Gasteiger partial charge on any atom is 0.411 e. The molecule has 0 radical (unpaired) electrons. The summed E-state index contributed by atoms with van der Waals surface area (Å²) in [5.74, 6) is 0.475. The molecular formula is C21H27FN4O3. The third kappa shape index (κ3) is 7.69. The minimum atomic E-state index is -0.513. The maximum absolute atomic E-state index is 13.7. The Balaban J connectivity index is 1.88. The van der Waals surface area contributed by atoms with E-state index in [0.717, 1.165) is 5.56 Å². The average Bonchev–Trinajstić information content (AvgIpc) is 2.72. The first-order chi connectivity index (χ1) is 14.0. The first-order valence-corrected chi connectivity index (χ1v) is 9.39. The van der Waals surface area contributed by atoms with Crippen LogP contribution in [0.2, 0.25) is 0 Å². The number of rotatable bonds is 8. The topological polar surface area (TPSA) is 84.0 Å². The number of aliphatic imine (C=N–C) groups is 1. The number of halogens is 1. The van der Waals surface area contributed by atoms with Gasteiger partial charge in [0.05, 0.1) is 20.2 Å². The van der Waals surface area contributed by atoms with E-state index >= 15 is 0 Å². The Kier molecular flexibility index (Phi) is 8.75. The highest BCUT2D eigenvalue weighted by Gasteiger charge is 2.09. The third-order valence-electron chi connectivity index (χ3n) is 3.87. The molecule has 1 amide bonds. The SMILES string of the molecule is CCNC(=NCc1ccc(NC(=O)OC)cc1)NCC(C)Oc1ccccc1F. The van der Waals surface area contributed by atoms with Crippen molar-refractivity contribution in [1.82, 2.24) is 10.6 Å². The van der Waals surface area contributed by atoms with Crippen LogP contribution in [0.3, 0.4) is 0 Å². The number of methoxy groups -OCH3 is 1. The fourth-order valence-electron chi connectivity index (χ4n) is 2.41. The molecule has 2 aromatic rings. The van der Waals surface area contributed by atoms with E-state index < -0.39 is 6.09 Å². The third-order valence-corrected chi connectivity index (χ3v) is 3.87. The zero-order valence-electron chi connectivity index (χ0n) is 16.9. The van der Waals surface area contributed by atoms with Crippen molar-refractivity contribution in [3.63, 3.8) is 0 Å². The number of benzene rings is 2. The van der Waals surface area contributed by atoms with Crippen molar-refractivity contribution in [3.05, 3.63) is 59.9 Å². The molecule has 29 heavy (non-hydrogen) atoms. The minimum absolute atomic E-state index is 0.226. The fraction of sp³-hybridized carbons (Fsp3) is 0.333. The van der Waals surface area contributed by atoms with E-state index in [1.165, 1.54) is 13.2 Å². The first kappa shape index (κ1) is 22.0. The van der Waals surface area contributed by atoms with Crippen LogP contribution < -0.4 is 20.7 Å². The van der Waals surface area contributed by atoms with Gasteiger partial charge in [0.1, 0.15) is 6.10 Å². The van der Waals surface area contributed by atoms with Crippen LogP contribution in [-0.4, -0.2) is 38.4 Å². The second-order valence-corrected chi connectivity index (χ2v) is 6.25. The van der Waals surface area contributed by atoms with Gasteiger partial charge < -0.3 is 20.1 Å². The monoisotopic (exact) mass is 402 g/mol. The Morgan fingerprint density at radius 3 is 2.52 bits per heavy atom. The Hall–Kier alpha value is -3.29. The molecule has 0 fully saturated rings. The second-order valence-electron chi connectivity index (χ2n) is 6.25. The first-order valence-electron chi connectivity index (χ1n) is 9.39. The number of anilines is 1. The number of carbonyl (C=O) groups is 1. The van der Waals surface area contributed by atoms with Crippen molar-refractivity contribution in [3.8, 4) is 5.75 Å². The predicted molar refractivity (Wildman–Crippen MR) is 112 cm³/mol. The van der Waals surface area contributed by atoms with Crippen LogP contribution >= 0.6 is 0 Å². The van der Waals surface area contributed by atoms with Gasteiger partial charge in [0.15, 0.2) is 17.5 Å². The number of para-hydroxylation sites is 1. The molecule has 0 aliphatic carbocycles. The van der Waals surface area contributed by atoms with Crippen LogP contribution in [0.1, 0.15) is 19.4 Å². The lowest BCUT2D eigenvalue weighted by Gasteiger charge is -2.18. The van der Waals surface area contributed by atoms with E-state index in [1.807, 2.05) is 26.0 Å². The van der Waals surface area contributed by atoms with E-state index in [0.29, 0.717) is 31.3 Å². The summed E-state index contributed by atoms with van der Waals surface area (Å²) in [7, 11) is 1.32.